The quantitative estimate of drug-likeness (QED) is 0.668. The third-order valence-corrected chi connectivity index (χ3v) is 5.73. The van der Waals surface area contributed by atoms with Crippen LogP contribution in [0.2, 0.25) is 0 Å². The normalized spacial score (nSPS) is 11.8. The summed E-state index contributed by atoms with van der Waals surface area (Å²) in [6.07, 6.45) is 0.181. The van der Waals surface area contributed by atoms with Crippen LogP contribution in [0.3, 0.4) is 0 Å². The van der Waals surface area contributed by atoms with Crippen LogP contribution in [0.25, 0.3) is 10.9 Å². The molecule has 3 rings (SSSR count). The predicted molar refractivity (Wildman–Crippen MR) is 96.6 cm³/mol. The molecule has 0 atom stereocenters. The van der Waals surface area contributed by atoms with Crippen LogP contribution < -0.4 is 0 Å². The largest absolute Gasteiger partial charge is 0.480 e. The number of halogens is 2. The van der Waals surface area contributed by atoms with Gasteiger partial charge in [-0.05, 0) is 42.3 Å². The summed E-state index contributed by atoms with van der Waals surface area (Å²) in [5.74, 6) is -1.48. The molecule has 0 aliphatic heterocycles. The first-order valence-corrected chi connectivity index (χ1v) is 10.0. The highest BCUT2D eigenvalue weighted by molar-refractivity contribution is 8.13. The predicted octanol–water partition coefficient (Wildman–Crippen LogP) is 3.69. The Hall–Kier alpha value is -2.38. The van der Waals surface area contributed by atoms with Gasteiger partial charge < -0.3 is 9.67 Å². The molecule has 0 spiro atoms. The molecule has 0 bridgehead atoms. The second-order valence-corrected chi connectivity index (χ2v) is 8.46. The zero-order valence-corrected chi connectivity index (χ0v) is 15.3. The van der Waals surface area contributed by atoms with Gasteiger partial charge in [0.2, 0.25) is 0 Å². The lowest BCUT2D eigenvalue weighted by Crippen LogP contribution is -2.10. The van der Waals surface area contributed by atoms with Gasteiger partial charge in [0, 0.05) is 33.7 Å². The Morgan fingerprint density at radius 1 is 1.23 bits per heavy atom. The van der Waals surface area contributed by atoms with E-state index in [9.17, 15) is 17.6 Å². The fourth-order valence-electron chi connectivity index (χ4n) is 3.16. The minimum absolute atomic E-state index is 0.0170. The number of hydrogen-bond acceptors (Lipinski definition) is 3. The lowest BCUT2D eigenvalue weighted by molar-refractivity contribution is -0.137. The number of carboxylic acid groups (broad SMARTS) is 1. The van der Waals surface area contributed by atoms with Crippen LogP contribution in [0.1, 0.15) is 16.8 Å². The molecule has 0 aliphatic carbocycles. The van der Waals surface area contributed by atoms with Crippen molar-refractivity contribution in [2.24, 2.45) is 0 Å². The number of benzene rings is 2. The van der Waals surface area contributed by atoms with Crippen molar-refractivity contribution in [2.45, 2.75) is 24.8 Å². The maximum absolute atomic E-state index is 13.8. The van der Waals surface area contributed by atoms with Crippen molar-refractivity contribution in [3.8, 4) is 0 Å². The lowest BCUT2D eigenvalue weighted by Gasteiger charge is -2.08. The minimum atomic E-state index is -3.94. The third kappa shape index (κ3) is 3.45. The number of aromatic nitrogens is 1. The van der Waals surface area contributed by atoms with Crippen molar-refractivity contribution < 1.29 is 22.7 Å². The van der Waals surface area contributed by atoms with E-state index in [0.29, 0.717) is 27.7 Å². The van der Waals surface area contributed by atoms with Crippen molar-refractivity contribution in [3.05, 3.63) is 65.1 Å². The van der Waals surface area contributed by atoms with E-state index in [0.717, 1.165) is 0 Å². The summed E-state index contributed by atoms with van der Waals surface area (Å²) in [4.78, 5) is 11.2. The van der Waals surface area contributed by atoms with E-state index >= 15 is 0 Å². The molecule has 1 N–H and O–H groups in total. The molecule has 3 aromatic rings. The Morgan fingerprint density at radius 2 is 1.92 bits per heavy atom. The van der Waals surface area contributed by atoms with E-state index in [2.05, 4.69) is 0 Å². The first-order chi connectivity index (χ1) is 12.2. The van der Waals surface area contributed by atoms with Crippen molar-refractivity contribution in [1.29, 1.82) is 0 Å². The van der Waals surface area contributed by atoms with Gasteiger partial charge >= 0.3 is 5.97 Å². The van der Waals surface area contributed by atoms with Gasteiger partial charge in [0.1, 0.15) is 12.4 Å². The van der Waals surface area contributed by atoms with Gasteiger partial charge in [0.05, 0.1) is 4.90 Å². The summed E-state index contributed by atoms with van der Waals surface area (Å²) >= 11 is 0. The highest BCUT2D eigenvalue weighted by Crippen LogP contribution is 2.31. The molecule has 0 radical (unpaired) electrons. The Balaban J connectivity index is 2.22. The molecule has 1 aromatic heterocycles. The number of carbonyl (C=O) groups is 1. The molecule has 2 aromatic carbocycles. The standard InChI is InChI=1S/C18H15ClFNO4S/c1-11-14(8-12-4-2-3-5-17(12)26(19,24)25)15-9-13(20)6-7-16(15)21(11)10-18(22)23/h2-7,9H,8,10H2,1H3,(H,22,23). The summed E-state index contributed by atoms with van der Waals surface area (Å²) in [7, 11) is 1.57. The first kappa shape index (κ1) is 18.4. The molecular weight excluding hydrogens is 381 g/mol. The lowest BCUT2D eigenvalue weighted by atomic mass is 10.0. The van der Waals surface area contributed by atoms with E-state index < -0.39 is 20.8 Å². The highest BCUT2D eigenvalue weighted by Gasteiger charge is 2.20. The molecule has 136 valence electrons. The second kappa shape index (κ2) is 6.74. The monoisotopic (exact) mass is 395 g/mol. The molecule has 5 nitrogen and oxygen atoms in total. The SMILES string of the molecule is Cc1c(Cc2ccccc2S(=O)(=O)Cl)c2cc(F)ccc2n1CC(=O)O. The number of rotatable bonds is 5. The van der Waals surface area contributed by atoms with E-state index in [-0.39, 0.29) is 17.9 Å². The number of nitrogens with zero attached hydrogens (tertiary/aromatic N) is 1. The average Bonchev–Trinajstić information content (AvgIpc) is 2.79. The maximum atomic E-state index is 13.8. The molecule has 0 saturated carbocycles. The van der Waals surface area contributed by atoms with Gasteiger partial charge in [-0.25, -0.2) is 12.8 Å². The van der Waals surface area contributed by atoms with Crippen LogP contribution in [0.5, 0.6) is 0 Å². The minimum Gasteiger partial charge on any atom is -0.480 e. The zero-order valence-electron chi connectivity index (χ0n) is 13.7. The highest BCUT2D eigenvalue weighted by atomic mass is 35.7. The molecule has 26 heavy (non-hydrogen) atoms. The van der Waals surface area contributed by atoms with Crippen LogP contribution in [0.15, 0.2) is 47.4 Å². The molecule has 1 heterocycles. The first-order valence-electron chi connectivity index (χ1n) is 7.70. The molecule has 0 saturated heterocycles. The molecule has 8 heteroatoms. The van der Waals surface area contributed by atoms with Gasteiger partial charge in [0.15, 0.2) is 0 Å². The summed E-state index contributed by atoms with van der Waals surface area (Å²) in [6.45, 7) is 1.46. The van der Waals surface area contributed by atoms with Crippen LogP contribution >= 0.6 is 10.7 Å². The van der Waals surface area contributed by atoms with E-state index in [1.54, 1.807) is 29.7 Å². The van der Waals surface area contributed by atoms with E-state index in [1.807, 2.05) is 0 Å². The zero-order chi connectivity index (χ0) is 19.1. The fourth-order valence-corrected chi connectivity index (χ4v) is 4.31. The topological polar surface area (TPSA) is 76.4 Å². The molecule has 0 amide bonds. The van der Waals surface area contributed by atoms with Gasteiger partial charge in [-0.1, -0.05) is 18.2 Å². The van der Waals surface area contributed by atoms with Gasteiger partial charge in [-0.15, -0.1) is 0 Å². The summed E-state index contributed by atoms with van der Waals surface area (Å²) in [6, 6.07) is 10.4. The van der Waals surface area contributed by atoms with Gasteiger partial charge in [-0.3, -0.25) is 4.79 Å². The number of hydrogen-bond donors (Lipinski definition) is 1. The number of aliphatic carboxylic acids is 1. The Bertz CT molecular complexity index is 1120. The van der Waals surface area contributed by atoms with E-state index in [1.165, 1.54) is 24.3 Å². The summed E-state index contributed by atoms with van der Waals surface area (Å²) in [5, 5.41) is 9.71. The fraction of sp³-hybridized carbons (Fsp3) is 0.167. The van der Waals surface area contributed by atoms with Crippen molar-refractivity contribution in [2.75, 3.05) is 0 Å². The Labute approximate surface area is 154 Å². The van der Waals surface area contributed by atoms with Gasteiger partial charge in [0.25, 0.3) is 9.05 Å². The smallest absolute Gasteiger partial charge is 0.323 e. The molecule has 0 aliphatic rings. The van der Waals surface area contributed by atoms with Crippen LogP contribution in [-0.4, -0.2) is 24.1 Å². The van der Waals surface area contributed by atoms with Crippen LogP contribution in [0.4, 0.5) is 4.39 Å². The Morgan fingerprint density at radius 3 is 2.58 bits per heavy atom. The third-order valence-electron chi connectivity index (χ3n) is 4.31. The number of fused-ring (bicyclic) bond motifs is 1. The van der Waals surface area contributed by atoms with Crippen molar-refractivity contribution >= 4 is 36.6 Å². The van der Waals surface area contributed by atoms with Gasteiger partial charge in [-0.2, -0.15) is 0 Å². The van der Waals surface area contributed by atoms with Crippen LogP contribution in [0, 0.1) is 12.7 Å². The second-order valence-electron chi connectivity index (χ2n) is 5.93. The molecule has 0 fully saturated rings. The van der Waals surface area contributed by atoms with Crippen molar-refractivity contribution in [1.82, 2.24) is 4.57 Å². The van der Waals surface area contributed by atoms with Crippen LogP contribution in [-0.2, 0) is 26.8 Å². The van der Waals surface area contributed by atoms with Crippen molar-refractivity contribution in [3.63, 3.8) is 0 Å². The molecular formula is C18H15ClFNO4S. The molecule has 0 unspecified atom stereocenters. The Kier molecular flexibility index (Phi) is 4.77. The summed E-state index contributed by atoms with van der Waals surface area (Å²) < 4.78 is 39.0. The maximum Gasteiger partial charge on any atom is 0.323 e. The number of carboxylic acids is 1. The average molecular weight is 396 g/mol. The van der Waals surface area contributed by atoms with E-state index in [4.69, 9.17) is 15.8 Å². The summed E-state index contributed by atoms with van der Waals surface area (Å²) in [5.41, 5.74) is 2.33.